The second-order valence-electron chi connectivity index (χ2n) is 8.57. The van der Waals surface area contributed by atoms with E-state index < -0.39 is 11.6 Å². The summed E-state index contributed by atoms with van der Waals surface area (Å²) < 4.78 is 14.7. The number of halogens is 2. The lowest BCUT2D eigenvalue weighted by Crippen LogP contribution is -2.64. The van der Waals surface area contributed by atoms with Gasteiger partial charge in [-0.3, -0.25) is 14.7 Å². The van der Waals surface area contributed by atoms with Gasteiger partial charge in [0.1, 0.15) is 6.17 Å². The molecule has 2 fully saturated rings. The standard InChI is InChI=1S/C19H25BrFN3O/c1-18(2)16-15(7-12(20)10-22-16)24(17(18)25)14-8-19(3,9-14)23-6-4-5-13(21)11-23/h7,10,13-14H,4-6,8-9,11H2,1-3H3/t13-,14?,19?/m1/s1. The molecule has 3 aliphatic rings. The van der Waals surface area contributed by atoms with Gasteiger partial charge >= 0.3 is 0 Å². The van der Waals surface area contributed by atoms with Gasteiger partial charge in [0.2, 0.25) is 5.91 Å². The van der Waals surface area contributed by atoms with Crippen LogP contribution in [0.25, 0.3) is 0 Å². The van der Waals surface area contributed by atoms with Crippen LogP contribution in [0.15, 0.2) is 16.7 Å². The number of aromatic nitrogens is 1. The number of carbonyl (C=O) groups is 1. The summed E-state index contributed by atoms with van der Waals surface area (Å²) in [7, 11) is 0. The molecule has 1 aromatic heterocycles. The van der Waals surface area contributed by atoms with Gasteiger partial charge in [-0.05, 0) is 75.0 Å². The van der Waals surface area contributed by atoms with Crippen LogP contribution in [0.3, 0.4) is 0 Å². The van der Waals surface area contributed by atoms with Crippen molar-refractivity contribution in [3.8, 4) is 0 Å². The van der Waals surface area contributed by atoms with Crippen LogP contribution in [0.1, 0.15) is 52.1 Å². The van der Waals surface area contributed by atoms with Gasteiger partial charge in [0.05, 0.1) is 16.8 Å². The fourth-order valence-electron chi connectivity index (χ4n) is 4.78. The van der Waals surface area contributed by atoms with Gasteiger partial charge in [-0.1, -0.05) is 0 Å². The molecule has 1 aromatic rings. The minimum Gasteiger partial charge on any atom is -0.307 e. The molecule has 4 nitrogen and oxygen atoms in total. The average molecular weight is 410 g/mol. The lowest BCUT2D eigenvalue weighted by molar-refractivity contribution is -0.124. The highest BCUT2D eigenvalue weighted by molar-refractivity contribution is 9.10. The molecule has 1 aliphatic carbocycles. The largest absolute Gasteiger partial charge is 0.307 e. The molecule has 6 heteroatoms. The quantitative estimate of drug-likeness (QED) is 0.744. The summed E-state index contributed by atoms with van der Waals surface area (Å²) in [6.45, 7) is 7.61. The topological polar surface area (TPSA) is 36.4 Å². The Bertz CT molecular complexity index is 717. The van der Waals surface area contributed by atoms with Crippen LogP contribution in [0.5, 0.6) is 0 Å². The summed E-state index contributed by atoms with van der Waals surface area (Å²) >= 11 is 3.48. The van der Waals surface area contributed by atoms with Crippen LogP contribution in [0.4, 0.5) is 10.1 Å². The predicted molar refractivity (Wildman–Crippen MR) is 99.6 cm³/mol. The van der Waals surface area contributed by atoms with E-state index in [0.717, 1.165) is 41.7 Å². The van der Waals surface area contributed by atoms with E-state index in [1.54, 1.807) is 6.20 Å². The van der Waals surface area contributed by atoms with E-state index >= 15 is 0 Å². The molecular weight excluding hydrogens is 385 g/mol. The maximum Gasteiger partial charge on any atom is 0.239 e. The molecule has 3 heterocycles. The van der Waals surface area contributed by atoms with Gasteiger partial charge < -0.3 is 4.90 Å². The van der Waals surface area contributed by atoms with Gasteiger partial charge in [0.15, 0.2) is 0 Å². The summed E-state index contributed by atoms with van der Waals surface area (Å²) in [5.41, 5.74) is 1.20. The Morgan fingerprint density at radius 3 is 2.72 bits per heavy atom. The first-order chi connectivity index (χ1) is 11.7. The Hall–Kier alpha value is -1.01. The number of carbonyl (C=O) groups excluding carboxylic acids is 1. The monoisotopic (exact) mass is 409 g/mol. The molecule has 0 aromatic carbocycles. The van der Waals surface area contributed by atoms with E-state index in [-0.39, 0.29) is 17.5 Å². The first-order valence-corrected chi connectivity index (χ1v) is 9.90. The van der Waals surface area contributed by atoms with E-state index in [9.17, 15) is 9.18 Å². The highest BCUT2D eigenvalue weighted by Crippen LogP contribution is 2.49. The second kappa shape index (κ2) is 5.74. The second-order valence-corrected chi connectivity index (χ2v) is 9.48. The Morgan fingerprint density at radius 1 is 1.32 bits per heavy atom. The van der Waals surface area contributed by atoms with Gasteiger partial charge in [0, 0.05) is 28.8 Å². The third-order valence-electron chi connectivity index (χ3n) is 6.28. The molecule has 0 radical (unpaired) electrons. The molecule has 25 heavy (non-hydrogen) atoms. The van der Waals surface area contributed by atoms with Crippen LogP contribution >= 0.6 is 15.9 Å². The van der Waals surface area contributed by atoms with Crippen molar-refractivity contribution in [3.05, 3.63) is 22.4 Å². The zero-order chi connectivity index (χ0) is 18.0. The molecule has 1 saturated heterocycles. The van der Waals surface area contributed by atoms with Crippen LogP contribution in [0, 0.1) is 0 Å². The molecule has 0 N–H and O–H groups in total. The molecule has 1 amide bonds. The molecular formula is C19H25BrFN3O. The van der Waals surface area contributed by atoms with E-state index in [1.165, 1.54) is 0 Å². The molecule has 0 spiro atoms. The van der Waals surface area contributed by atoms with E-state index in [0.29, 0.717) is 13.0 Å². The number of likely N-dealkylation sites (tertiary alicyclic amines) is 1. The first-order valence-electron chi connectivity index (χ1n) is 9.11. The third-order valence-corrected chi connectivity index (χ3v) is 6.72. The smallest absolute Gasteiger partial charge is 0.239 e. The molecule has 0 bridgehead atoms. The van der Waals surface area contributed by atoms with Crippen molar-refractivity contribution < 1.29 is 9.18 Å². The van der Waals surface area contributed by atoms with Gasteiger partial charge in [0.25, 0.3) is 0 Å². The van der Waals surface area contributed by atoms with E-state index in [4.69, 9.17) is 0 Å². The number of rotatable bonds is 2. The minimum absolute atomic E-state index is 0.00203. The molecule has 0 unspecified atom stereocenters. The SMILES string of the molecule is CC1(C)C(=O)N(C2CC(C)(N3CCC[C@@H](F)C3)C2)c2cc(Br)cnc21. The lowest BCUT2D eigenvalue weighted by Gasteiger charge is -2.56. The van der Waals surface area contributed by atoms with Crippen molar-refractivity contribution in [1.82, 2.24) is 9.88 Å². The first kappa shape index (κ1) is 17.4. The van der Waals surface area contributed by atoms with Crippen molar-refractivity contribution in [2.45, 2.75) is 69.6 Å². The maximum atomic E-state index is 13.8. The number of fused-ring (bicyclic) bond motifs is 1. The van der Waals surface area contributed by atoms with Gasteiger partial charge in [-0.15, -0.1) is 0 Å². The number of hydrogen-bond donors (Lipinski definition) is 0. The van der Waals surface area contributed by atoms with Crippen molar-refractivity contribution in [2.24, 2.45) is 0 Å². The van der Waals surface area contributed by atoms with E-state index in [1.807, 2.05) is 24.8 Å². The summed E-state index contributed by atoms with van der Waals surface area (Å²) in [5.74, 6) is 0.127. The fraction of sp³-hybridized carbons (Fsp3) is 0.684. The normalized spacial score (nSPS) is 34.8. The fourth-order valence-corrected chi connectivity index (χ4v) is 5.10. The van der Waals surface area contributed by atoms with Crippen molar-refractivity contribution in [1.29, 1.82) is 0 Å². The molecule has 4 rings (SSSR count). The zero-order valence-electron chi connectivity index (χ0n) is 15.1. The lowest BCUT2D eigenvalue weighted by atomic mass is 9.71. The molecule has 2 aliphatic heterocycles. The summed E-state index contributed by atoms with van der Waals surface area (Å²) in [6, 6.07) is 2.18. The minimum atomic E-state index is -0.710. The Labute approximate surface area is 156 Å². The maximum absolute atomic E-state index is 13.8. The number of hydrogen-bond acceptors (Lipinski definition) is 3. The Balaban J connectivity index is 1.56. The van der Waals surface area contributed by atoms with Crippen LogP contribution in [0.2, 0.25) is 0 Å². The average Bonchev–Trinajstić information content (AvgIpc) is 2.71. The number of alkyl halides is 1. The highest BCUT2D eigenvalue weighted by Gasteiger charge is 2.55. The number of piperidine rings is 1. The van der Waals surface area contributed by atoms with Crippen LogP contribution in [-0.2, 0) is 10.2 Å². The number of pyridine rings is 1. The summed E-state index contributed by atoms with van der Waals surface area (Å²) in [4.78, 5) is 21.8. The third kappa shape index (κ3) is 2.64. The predicted octanol–water partition coefficient (Wildman–Crippen LogP) is 3.82. The molecule has 136 valence electrons. The van der Waals surface area contributed by atoms with Gasteiger partial charge in [-0.25, -0.2) is 4.39 Å². The highest BCUT2D eigenvalue weighted by atomic mass is 79.9. The Morgan fingerprint density at radius 2 is 2.04 bits per heavy atom. The van der Waals surface area contributed by atoms with Crippen LogP contribution < -0.4 is 4.90 Å². The summed E-state index contributed by atoms with van der Waals surface area (Å²) in [5, 5.41) is 0. The van der Waals surface area contributed by atoms with Crippen molar-refractivity contribution in [2.75, 3.05) is 18.0 Å². The Kier molecular flexibility index (Phi) is 4.00. The number of nitrogens with zero attached hydrogens (tertiary/aromatic N) is 3. The molecule has 1 saturated carbocycles. The van der Waals surface area contributed by atoms with Crippen molar-refractivity contribution in [3.63, 3.8) is 0 Å². The molecule has 1 atom stereocenters. The zero-order valence-corrected chi connectivity index (χ0v) is 16.6. The summed E-state index contributed by atoms with van der Waals surface area (Å²) in [6.07, 6.45) is 4.45. The number of amides is 1. The van der Waals surface area contributed by atoms with Crippen LogP contribution in [-0.4, -0.2) is 46.6 Å². The van der Waals surface area contributed by atoms with Gasteiger partial charge in [-0.2, -0.15) is 0 Å². The number of anilines is 1. The van der Waals surface area contributed by atoms with Crippen molar-refractivity contribution >= 4 is 27.5 Å². The van der Waals surface area contributed by atoms with E-state index in [2.05, 4.69) is 32.7 Å².